The minimum absolute atomic E-state index is 0.0959. The number of imide groups is 1. The number of likely N-dealkylation sites (tertiary alicyclic amines) is 1. The summed E-state index contributed by atoms with van der Waals surface area (Å²) in [5.41, 5.74) is 0.626. The lowest BCUT2D eigenvalue weighted by Gasteiger charge is -2.37. The number of hydrogen-bond acceptors (Lipinski definition) is 4. The standard InChI is InChI=1S/C18H24N2O3/c1-12-8-13(2)11-19(10-12)16-9-17(21)20(18(16)22)14-4-6-15(23-3)7-5-14/h4-7,12-13,16H,8-11H2,1-3H3. The molecule has 5 heteroatoms. The molecule has 2 amide bonds. The van der Waals surface area contributed by atoms with Crippen LogP contribution in [-0.4, -0.2) is 43.0 Å². The summed E-state index contributed by atoms with van der Waals surface area (Å²) >= 11 is 0. The molecular weight excluding hydrogens is 292 g/mol. The molecule has 2 saturated heterocycles. The van der Waals surface area contributed by atoms with E-state index in [1.807, 2.05) is 0 Å². The average Bonchev–Trinajstić information content (AvgIpc) is 2.81. The van der Waals surface area contributed by atoms with Gasteiger partial charge in [-0.1, -0.05) is 13.8 Å². The van der Waals surface area contributed by atoms with Gasteiger partial charge in [0.2, 0.25) is 5.91 Å². The Balaban J connectivity index is 1.79. The molecule has 5 nitrogen and oxygen atoms in total. The molecule has 0 radical (unpaired) electrons. The second kappa shape index (κ2) is 6.32. The minimum Gasteiger partial charge on any atom is -0.497 e. The smallest absolute Gasteiger partial charge is 0.251 e. The molecule has 2 aliphatic rings. The van der Waals surface area contributed by atoms with Gasteiger partial charge < -0.3 is 4.74 Å². The Kier molecular flexibility index (Phi) is 4.39. The lowest BCUT2D eigenvalue weighted by Crippen LogP contribution is -2.48. The van der Waals surface area contributed by atoms with E-state index in [1.165, 1.54) is 11.3 Å². The predicted molar refractivity (Wildman–Crippen MR) is 88.4 cm³/mol. The number of hydrogen-bond donors (Lipinski definition) is 0. The van der Waals surface area contributed by atoms with Crippen LogP contribution in [0, 0.1) is 11.8 Å². The van der Waals surface area contributed by atoms with Gasteiger partial charge in [0.15, 0.2) is 0 Å². The van der Waals surface area contributed by atoms with Gasteiger partial charge in [0, 0.05) is 13.1 Å². The zero-order valence-electron chi connectivity index (χ0n) is 14.0. The van der Waals surface area contributed by atoms with E-state index in [4.69, 9.17) is 4.74 Å². The maximum absolute atomic E-state index is 12.8. The number of benzene rings is 1. The van der Waals surface area contributed by atoms with Crippen LogP contribution in [0.1, 0.15) is 26.7 Å². The van der Waals surface area contributed by atoms with Crippen molar-refractivity contribution in [2.45, 2.75) is 32.7 Å². The Labute approximate surface area is 137 Å². The van der Waals surface area contributed by atoms with E-state index in [0.29, 0.717) is 23.3 Å². The Bertz CT molecular complexity index is 589. The summed E-state index contributed by atoms with van der Waals surface area (Å²) in [6.45, 7) is 6.21. The molecule has 0 aromatic heterocycles. The van der Waals surface area contributed by atoms with E-state index < -0.39 is 0 Å². The van der Waals surface area contributed by atoms with E-state index in [1.54, 1.807) is 31.4 Å². The molecule has 3 rings (SSSR count). The third kappa shape index (κ3) is 3.11. The fourth-order valence-electron chi connectivity index (χ4n) is 3.87. The maximum Gasteiger partial charge on any atom is 0.251 e. The highest BCUT2D eigenvalue weighted by Crippen LogP contribution is 2.30. The van der Waals surface area contributed by atoms with Gasteiger partial charge in [0.05, 0.1) is 25.3 Å². The summed E-state index contributed by atoms with van der Waals surface area (Å²) in [5, 5.41) is 0. The van der Waals surface area contributed by atoms with E-state index in [0.717, 1.165) is 13.1 Å². The van der Waals surface area contributed by atoms with Crippen molar-refractivity contribution in [1.82, 2.24) is 4.90 Å². The van der Waals surface area contributed by atoms with Crippen LogP contribution in [0.4, 0.5) is 5.69 Å². The van der Waals surface area contributed by atoms with Crippen LogP contribution >= 0.6 is 0 Å². The van der Waals surface area contributed by atoms with Crippen molar-refractivity contribution in [3.63, 3.8) is 0 Å². The maximum atomic E-state index is 12.8. The molecule has 1 aromatic rings. The fourth-order valence-corrected chi connectivity index (χ4v) is 3.87. The lowest BCUT2D eigenvalue weighted by molar-refractivity contribution is -0.123. The number of nitrogens with zero attached hydrogens (tertiary/aromatic N) is 2. The number of anilines is 1. The van der Waals surface area contributed by atoms with Crippen molar-refractivity contribution in [2.75, 3.05) is 25.1 Å². The molecule has 2 fully saturated rings. The normalized spacial score (nSPS) is 29.2. The van der Waals surface area contributed by atoms with E-state index in [2.05, 4.69) is 18.7 Å². The van der Waals surface area contributed by atoms with Crippen molar-refractivity contribution in [1.29, 1.82) is 0 Å². The molecule has 1 aromatic carbocycles. The quantitative estimate of drug-likeness (QED) is 0.803. The summed E-state index contributed by atoms with van der Waals surface area (Å²) in [6.07, 6.45) is 1.47. The van der Waals surface area contributed by atoms with Crippen molar-refractivity contribution in [3.05, 3.63) is 24.3 Å². The molecule has 2 aliphatic heterocycles. The van der Waals surface area contributed by atoms with Gasteiger partial charge >= 0.3 is 0 Å². The number of methoxy groups -OCH3 is 1. The van der Waals surface area contributed by atoms with Gasteiger partial charge in [-0.05, 0) is 42.5 Å². The summed E-state index contributed by atoms with van der Waals surface area (Å²) in [5.74, 6) is 1.63. The van der Waals surface area contributed by atoms with Crippen LogP contribution in [-0.2, 0) is 9.59 Å². The Morgan fingerprint density at radius 1 is 1.04 bits per heavy atom. The first kappa shape index (κ1) is 16.0. The van der Waals surface area contributed by atoms with Gasteiger partial charge in [-0.3, -0.25) is 14.5 Å². The third-order valence-corrected chi connectivity index (χ3v) is 4.79. The van der Waals surface area contributed by atoms with Crippen LogP contribution in [0.15, 0.2) is 24.3 Å². The number of rotatable bonds is 3. The molecular formula is C18H24N2O3. The number of carbonyl (C=O) groups excluding carboxylic acids is 2. The van der Waals surface area contributed by atoms with Crippen molar-refractivity contribution in [2.24, 2.45) is 11.8 Å². The zero-order chi connectivity index (χ0) is 16.6. The van der Waals surface area contributed by atoms with Crippen LogP contribution < -0.4 is 9.64 Å². The van der Waals surface area contributed by atoms with Gasteiger partial charge in [0.1, 0.15) is 5.75 Å². The summed E-state index contributed by atoms with van der Waals surface area (Å²) < 4.78 is 5.13. The highest BCUT2D eigenvalue weighted by Gasteiger charge is 2.44. The first-order chi connectivity index (χ1) is 11.0. The fraction of sp³-hybridized carbons (Fsp3) is 0.556. The van der Waals surface area contributed by atoms with Gasteiger partial charge in [-0.25, -0.2) is 4.90 Å². The van der Waals surface area contributed by atoms with Crippen LogP contribution in [0.3, 0.4) is 0 Å². The molecule has 2 heterocycles. The van der Waals surface area contributed by atoms with Crippen molar-refractivity contribution < 1.29 is 14.3 Å². The minimum atomic E-state index is -0.310. The number of carbonyl (C=O) groups is 2. The Hall–Kier alpha value is -1.88. The molecule has 0 spiro atoms. The SMILES string of the molecule is COc1ccc(N2C(=O)CC(N3CC(C)CC(C)C3)C2=O)cc1. The second-order valence-corrected chi connectivity index (χ2v) is 6.89. The summed E-state index contributed by atoms with van der Waals surface area (Å²) in [7, 11) is 1.59. The Morgan fingerprint density at radius 2 is 1.65 bits per heavy atom. The molecule has 3 unspecified atom stereocenters. The average molecular weight is 316 g/mol. The van der Waals surface area contributed by atoms with Gasteiger partial charge in [0.25, 0.3) is 5.91 Å². The first-order valence-electron chi connectivity index (χ1n) is 8.24. The van der Waals surface area contributed by atoms with Gasteiger partial charge in [-0.15, -0.1) is 0 Å². The van der Waals surface area contributed by atoms with Crippen LogP contribution in [0.2, 0.25) is 0 Å². The number of piperidine rings is 1. The highest BCUT2D eigenvalue weighted by molar-refractivity contribution is 6.22. The largest absolute Gasteiger partial charge is 0.497 e. The van der Waals surface area contributed by atoms with E-state index in [-0.39, 0.29) is 24.3 Å². The monoisotopic (exact) mass is 316 g/mol. The number of amides is 2. The van der Waals surface area contributed by atoms with Crippen LogP contribution in [0.25, 0.3) is 0 Å². The van der Waals surface area contributed by atoms with Crippen molar-refractivity contribution >= 4 is 17.5 Å². The zero-order valence-corrected chi connectivity index (χ0v) is 14.0. The summed E-state index contributed by atoms with van der Waals surface area (Å²) in [4.78, 5) is 28.7. The molecule has 124 valence electrons. The first-order valence-corrected chi connectivity index (χ1v) is 8.24. The second-order valence-electron chi connectivity index (χ2n) is 6.89. The number of ether oxygens (including phenoxy) is 1. The van der Waals surface area contributed by atoms with E-state index >= 15 is 0 Å². The molecule has 0 N–H and O–H groups in total. The Morgan fingerprint density at radius 3 is 2.22 bits per heavy atom. The molecule has 0 aliphatic carbocycles. The molecule has 23 heavy (non-hydrogen) atoms. The third-order valence-electron chi connectivity index (χ3n) is 4.79. The molecule has 0 bridgehead atoms. The van der Waals surface area contributed by atoms with Crippen LogP contribution in [0.5, 0.6) is 5.75 Å². The lowest BCUT2D eigenvalue weighted by atomic mass is 9.90. The predicted octanol–water partition coefficient (Wildman–Crippen LogP) is 2.31. The molecule has 0 saturated carbocycles. The highest BCUT2D eigenvalue weighted by atomic mass is 16.5. The topological polar surface area (TPSA) is 49.9 Å². The van der Waals surface area contributed by atoms with E-state index in [9.17, 15) is 9.59 Å². The van der Waals surface area contributed by atoms with Crippen molar-refractivity contribution in [3.8, 4) is 5.75 Å². The summed E-state index contributed by atoms with van der Waals surface area (Å²) in [6, 6.07) is 6.76. The van der Waals surface area contributed by atoms with Gasteiger partial charge in [-0.2, -0.15) is 0 Å². The molecule has 3 atom stereocenters.